The number of nitrogens with two attached hydrogens (primary N) is 2. The Kier molecular flexibility index (Phi) is 8.51. The van der Waals surface area contributed by atoms with Gasteiger partial charge in [-0.1, -0.05) is 35.4 Å². The minimum Gasteiger partial charge on any atom is -0.507 e. The van der Waals surface area contributed by atoms with Crippen LogP contribution in [0.5, 0.6) is 11.5 Å². The molecule has 3 aliphatic heterocycles. The number of rotatable bonds is 1. The van der Waals surface area contributed by atoms with Crippen molar-refractivity contribution in [1.82, 2.24) is 9.97 Å². The number of nitrogen functional groups attached to an aromatic ring is 2. The number of anilines is 2. The highest BCUT2D eigenvalue weighted by Crippen LogP contribution is 2.47. The lowest BCUT2D eigenvalue weighted by atomic mass is 9.86. The molecular formula is C36H40N4O7S2. The summed E-state index contributed by atoms with van der Waals surface area (Å²) in [7, 11) is 3.28. The van der Waals surface area contributed by atoms with Crippen LogP contribution in [0.1, 0.15) is 74.6 Å². The van der Waals surface area contributed by atoms with E-state index in [9.17, 15) is 14.7 Å². The topological polar surface area (TPSA) is 176 Å². The third kappa shape index (κ3) is 6.21. The molecular weight excluding hydrogens is 665 g/mol. The molecule has 1 fully saturated rings. The number of fused-ring (bicyclic) bond motifs is 8. The molecule has 11 nitrogen and oxygen atoms in total. The zero-order chi connectivity index (χ0) is 34.8. The molecule has 6 heterocycles. The first-order valence-corrected chi connectivity index (χ1v) is 18.9. The Balaban J connectivity index is 1.24. The van der Waals surface area contributed by atoms with Crippen LogP contribution < -0.4 is 21.6 Å². The number of nitrogens with zero attached hydrogens (tertiary/aromatic N) is 2. The van der Waals surface area contributed by atoms with Crippen molar-refractivity contribution in [3.05, 3.63) is 68.7 Å². The molecule has 0 amide bonds. The predicted molar refractivity (Wildman–Crippen MR) is 192 cm³/mol. The smallest absolute Gasteiger partial charge is 0.341 e. The highest BCUT2D eigenvalue weighted by molar-refractivity contribution is 8.76. The third-order valence-corrected chi connectivity index (χ3v) is 12.1. The van der Waals surface area contributed by atoms with Gasteiger partial charge < -0.3 is 35.2 Å². The lowest BCUT2D eigenvalue weighted by molar-refractivity contribution is -0.168. The number of ether oxygens (including phenoxy) is 3. The number of pyridine rings is 2. The zero-order valence-electron chi connectivity index (χ0n) is 28.1. The molecule has 7 rings (SSSR count). The summed E-state index contributed by atoms with van der Waals surface area (Å²) < 4.78 is 24.6. The average molecular weight is 705 g/mol. The zero-order valence-corrected chi connectivity index (χ0v) is 29.8. The van der Waals surface area contributed by atoms with E-state index in [0.717, 1.165) is 28.1 Å². The maximum absolute atomic E-state index is 13.8. The standard InChI is InChI=1S/C36H40N4O7S2/c1-17(2)23-13-20-22(33(38)40-23)16-49-48-9-8-35(4)29(14-21-26(46-35)15-27-31(32(21)42)25(41)10-18(3)44-27)45-34(43)36(5)28(47-36)7-6-19-11-24(20)39-30(37)12-19/h10-13,15,17,28-29,42H,6-9,14,16H2,1-5H3,(H2,37,39)(H2,38,40). The minimum absolute atomic E-state index is 0.0713. The number of epoxide rings is 1. The van der Waals surface area contributed by atoms with Crippen LogP contribution in [-0.4, -0.2) is 50.2 Å². The number of hydrogen-bond donors (Lipinski definition) is 3. The second kappa shape index (κ2) is 12.4. The van der Waals surface area contributed by atoms with E-state index >= 15 is 0 Å². The van der Waals surface area contributed by atoms with Gasteiger partial charge in [-0.3, -0.25) is 4.79 Å². The predicted octanol–water partition coefficient (Wildman–Crippen LogP) is 6.23. The van der Waals surface area contributed by atoms with E-state index in [1.807, 2.05) is 19.1 Å². The maximum Gasteiger partial charge on any atom is 0.341 e. The van der Waals surface area contributed by atoms with Crippen molar-refractivity contribution >= 4 is 50.2 Å². The van der Waals surface area contributed by atoms with Crippen molar-refractivity contribution < 1.29 is 28.5 Å². The molecule has 1 aromatic carbocycles. The molecule has 1 saturated heterocycles. The van der Waals surface area contributed by atoms with Gasteiger partial charge in [0.2, 0.25) is 0 Å². The molecule has 0 spiro atoms. The second-order valence-corrected chi connectivity index (χ2v) is 16.4. The number of aromatic nitrogens is 2. The van der Waals surface area contributed by atoms with Gasteiger partial charge in [0.25, 0.3) is 0 Å². The van der Waals surface area contributed by atoms with Crippen molar-refractivity contribution in [2.45, 2.75) is 95.4 Å². The summed E-state index contributed by atoms with van der Waals surface area (Å²) in [5, 5.41) is 11.4. The number of esters is 1. The number of benzene rings is 1. The summed E-state index contributed by atoms with van der Waals surface area (Å²) in [6.07, 6.45) is 0.692. The average Bonchev–Trinajstić information content (AvgIpc) is 3.70. The van der Waals surface area contributed by atoms with Crippen LogP contribution in [0, 0.1) is 6.92 Å². The fraction of sp³-hybridized carbons (Fsp3) is 0.444. The van der Waals surface area contributed by atoms with Crippen molar-refractivity contribution in [2.24, 2.45) is 0 Å². The highest BCUT2D eigenvalue weighted by Gasteiger charge is 2.60. The SMILES string of the molecule is Cc1cc(=O)c2c(O)c3c(cc2o1)OC1(C)CCSSCc2c(cc(C(C)C)nc2N)-c2cc(cc(N)n2)CCC2OC2(C)C(=O)OC1C3. The van der Waals surface area contributed by atoms with Gasteiger partial charge in [-0.25, -0.2) is 14.8 Å². The fourth-order valence-corrected chi connectivity index (χ4v) is 9.05. The molecule has 5 N–H and O–H groups in total. The van der Waals surface area contributed by atoms with Gasteiger partial charge in [0.1, 0.15) is 51.6 Å². The van der Waals surface area contributed by atoms with Gasteiger partial charge in [0, 0.05) is 58.9 Å². The van der Waals surface area contributed by atoms with Gasteiger partial charge >= 0.3 is 5.97 Å². The molecule has 3 aliphatic rings. The van der Waals surface area contributed by atoms with Gasteiger partial charge in [-0.2, -0.15) is 0 Å². The first-order chi connectivity index (χ1) is 23.3. The number of hydrogen-bond acceptors (Lipinski definition) is 13. The first-order valence-electron chi connectivity index (χ1n) is 16.4. The van der Waals surface area contributed by atoms with E-state index in [2.05, 4.69) is 19.9 Å². The van der Waals surface area contributed by atoms with Crippen molar-refractivity contribution in [2.75, 3.05) is 17.2 Å². The van der Waals surface area contributed by atoms with E-state index in [1.54, 1.807) is 41.5 Å². The second-order valence-electron chi connectivity index (χ2n) is 13.8. The third-order valence-electron chi connectivity index (χ3n) is 9.81. The maximum atomic E-state index is 13.8. The van der Waals surface area contributed by atoms with Gasteiger partial charge in [-0.15, -0.1) is 0 Å². The van der Waals surface area contributed by atoms with Crippen LogP contribution in [-0.2, 0) is 32.9 Å². The van der Waals surface area contributed by atoms with E-state index in [-0.39, 0.29) is 40.6 Å². The minimum atomic E-state index is -1.14. The Morgan fingerprint density at radius 3 is 2.59 bits per heavy atom. The molecule has 4 atom stereocenters. The van der Waals surface area contributed by atoms with Crippen molar-refractivity contribution in [1.29, 1.82) is 0 Å². The number of carbonyl (C=O) groups excluding carboxylic acids is 1. The number of phenolic OH excluding ortho intramolecular Hbond substituents is 1. The molecule has 258 valence electrons. The van der Waals surface area contributed by atoms with Crippen LogP contribution >= 0.6 is 21.6 Å². The lowest BCUT2D eigenvalue weighted by Crippen LogP contribution is -2.52. The van der Waals surface area contributed by atoms with Crippen molar-refractivity contribution in [3.63, 3.8) is 0 Å². The highest BCUT2D eigenvalue weighted by atomic mass is 33.1. The monoisotopic (exact) mass is 704 g/mol. The summed E-state index contributed by atoms with van der Waals surface area (Å²) in [5.41, 5.74) is 15.5. The van der Waals surface area contributed by atoms with E-state index in [0.29, 0.717) is 59.5 Å². The van der Waals surface area contributed by atoms with Crippen LogP contribution in [0.25, 0.3) is 22.2 Å². The Morgan fingerprint density at radius 1 is 1.02 bits per heavy atom. The molecule has 0 radical (unpaired) electrons. The number of aryl methyl sites for hydroxylation is 2. The summed E-state index contributed by atoms with van der Waals surface area (Å²) in [4.78, 5) is 36.0. The molecule has 4 aromatic rings. The lowest BCUT2D eigenvalue weighted by Gasteiger charge is -2.42. The van der Waals surface area contributed by atoms with E-state index in [4.69, 9.17) is 40.1 Å². The molecule has 13 heteroatoms. The van der Waals surface area contributed by atoms with Crippen molar-refractivity contribution in [3.8, 4) is 22.8 Å². The fourth-order valence-electron chi connectivity index (χ4n) is 6.73. The molecule has 0 aliphatic carbocycles. The summed E-state index contributed by atoms with van der Waals surface area (Å²) in [6, 6.07) is 8.91. The Bertz CT molecular complexity index is 2050. The number of aromatic hydroxyl groups is 1. The van der Waals surface area contributed by atoms with Crippen LogP contribution in [0.15, 0.2) is 39.5 Å². The van der Waals surface area contributed by atoms with Gasteiger partial charge in [-0.05, 0) is 63.3 Å². The van der Waals surface area contributed by atoms with Crippen LogP contribution in [0.4, 0.5) is 11.6 Å². The van der Waals surface area contributed by atoms with Gasteiger partial charge in [0.15, 0.2) is 11.0 Å². The molecule has 0 saturated carbocycles. The number of carbonyl (C=O) groups is 1. The molecule has 4 unspecified atom stereocenters. The first kappa shape index (κ1) is 33.6. The normalized spacial score (nSPS) is 25.6. The Morgan fingerprint density at radius 2 is 1.82 bits per heavy atom. The summed E-state index contributed by atoms with van der Waals surface area (Å²) in [6.45, 7) is 9.49. The Hall–Kier alpha value is -3.94. The summed E-state index contributed by atoms with van der Waals surface area (Å²) in [5.74, 6) is 2.35. The Labute approximate surface area is 291 Å². The van der Waals surface area contributed by atoms with E-state index < -0.39 is 23.3 Å². The van der Waals surface area contributed by atoms with Crippen LogP contribution in [0.2, 0.25) is 0 Å². The van der Waals surface area contributed by atoms with Crippen LogP contribution in [0.3, 0.4) is 0 Å². The number of phenols is 1. The molecule has 3 aromatic heterocycles. The summed E-state index contributed by atoms with van der Waals surface area (Å²) >= 11 is 0. The quantitative estimate of drug-likeness (QED) is 0.116. The van der Waals surface area contributed by atoms with Gasteiger partial charge in [0.05, 0.1) is 11.8 Å². The molecule has 49 heavy (non-hydrogen) atoms. The largest absolute Gasteiger partial charge is 0.507 e. The van der Waals surface area contributed by atoms with E-state index in [1.165, 1.54) is 6.07 Å². The molecule has 2 bridgehead atoms.